The molecule has 1 atom stereocenters. The van der Waals surface area contributed by atoms with Crippen LogP contribution in [-0.2, 0) is 0 Å². The molecule has 0 radical (unpaired) electrons. The summed E-state index contributed by atoms with van der Waals surface area (Å²) in [6.45, 7) is 1.98. The van der Waals surface area contributed by atoms with Gasteiger partial charge in [0.1, 0.15) is 12.0 Å². The van der Waals surface area contributed by atoms with Gasteiger partial charge in [0.2, 0.25) is 0 Å². The summed E-state index contributed by atoms with van der Waals surface area (Å²) in [5.74, 6) is 0.410. The number of benzene rings is 2. The Kier molecular flexibility index (Phi) is 4.31. The highest BCUT2D eigenvalue weighted by Gasteiger charge is 2.38. The fourth-order valence-corrected chi connectivity index (χ4v) is 3.49. The maximum atomic E-state index is 13.0. The van der Waals surface area contributed by atoms with Crippen LogP contribution in [0.2, 0.25) is 10.0 Å². The Balaban J connectivity index is 1.79. The van der Waals surface area contributed by atoms with Gasteiger partial charge in [0, 0.05) is 17.3 Å². The predicted octanol–water partition coefficient (Wildman–Crippen LogP) is 5.47. The van der Waals surface area contributed by atoms with Crippen LogP contribution in [-0.4, -0.2) is 10.9 Å². The minimum Gasteiger partial charge on any atom is -0.360 e. The lowest BCUT2D eigenvalue weighted by molar-refractivity contribution is 0.0992. The predicted molar refractivity (Wildman–Crippen MR) is 105 cm³/mol. The average molecular weight is 384 g/mol. The van der Waals surface area contributed by atoms with Crippen molar-refractivity contribution in [2.24, 2.45) is 0 Å². The minimum atomic E-state index is -0.410. The van der Waals surface area contributed by atoms with Crippen molar-refractivity contribution in [3.8, 4) is 0 Å². The third kappa shape index (κ3) is 2.91. The summed E-state index contributed by atoms with van der Waals surface area (Å²) >= 11 is 12.3. The molecule has 26 heavy (non-hydrogen) atoms. The highest BCUT2D eigenvalue weighted by molar-refractivity contribution is 6.33. The lowest BCUT2D eigenvalue weighted by Crippen LogP contribution is -2.33. The molecule has 3 aromatic rings. The molecular weight excluding hydrogens is 369 g/mol. The van der Waals surface area contributed by atoms with E-state index in [2.05, 4.69) is 10.3 Å². The van der Waals surface area contributed by atoms with Gasteiger partial charge in [-0.3, -0.25) is 9.69 Å². The van der Waals surface area contributed by atoms with E-state index in [4.69, 9.17) is 23.2 Å². The fraction of sp³-hybridized carbons (Fsp3) is 0.100. The van der Waals surface area contributed by atoms with E-state index >= 15 is 0 Å². The maximum Gasteiger partial charge on any atom is 0.261 e. The number of halogens is 2. The topological polar surface area (TPSA) is 45.2 Å². The van der Waals surface area contributed by atoms with Crippen molar-refractivity contribution in [1.29, 1.82) is 0 Å². The molecule has 0 bridgehead atoms. The van der Waals surface area contributed by atoms with Crippen LogP contribution in [0, 0.1) is 6.92 Å². The molecule has 0 aliphatic carbocycles. The first-order valence-corrected chi connectivity index (χ1v) is 8.87. The summed E-state index contributed by atoms with van der Waals surface area (Å²) in [5.41, 5.74) is 3.35. The van der Waals surface area contributed by atoms with Gasteiger partial charge in [-0.1, -0.05) is 47.5 Å². The van der Waals surface area contributed by atoms with Crippen LogP contribution in [0.4, 0.5) is 11.5 Å². The van der Waals surface area contributed by atoms with Crippen molar-refractivity contribution >= 4 is 40.6 Å². The van der Waals surface area contributed by atoms with Crippen molar-refractivity contribution in [3.63, 3.8) is 0 Å². The van der Waals surface area contributed by atoms with E-state index in [-0.39, 0.29) is 5.91 Å². The number of carbonyl (C=O) groups is 1. The van der Waals surface area contributed by atoms with Crippen molar-refractivity contribution in [3.05, 3.63) is 87.5 Å². The van der Waals surface area contributed by atoms with Gasteiger partial charge in [-0.25, -0.2) is 4.98 Å². The third-order valence-corrected chi connectivity index (χ3v) is 4.87. The Bertz CT molecular complexity index is 989. The smallest absolute Gasteiger partial charge is 0.261 e. The fourth-order valence-electron chi connectivity index (χ4n) is 3.09. The van der Waals surface area contributed by atoms with Crippen LogP contribution in [0.25, 0.3) is 0 Å². The molecule has 4 nitrogen and oxygen atoms in total. The molecule has 1 aromatic heterocycles. The van der Waals surface area contributed by atoms with Crippen LogP contribution < -0.4 is 10.2 Å². The number of pyridine rings is 1. The highest BCUT2D eigenvalue weighted by atomic mass is 35.5. The molecular formula is C20H15Cl2N3O. The first-order chi connectivity index (χ1) is 12.5. The number of aryl methyl sites for hydroxylation is 1. The lowest BCUT2D eigenvalue weighted by atomic mass is 10.1. The monoisotopic (exact) mass is 383 g/mol. The number of amides is 1. The van der Waals surface area contributed by atoms with Crippen LogP contribution in [0.1, 0.15) is 27.7 Å². The first kappa shape index (κ1) is 16.9. The molecule has 1 N–H and O–H groups in total. The molecule has 1 aliphatic rings. The second kappa shape index (κ2) is 6.63. The molecule has 4 rings (SSSR count). The van der Waals surface area contributed by atoms with Gasteiger partial charge in [0.25, 0.3) is 5.91 Å². The Morgan fingerprint density at radius 2 is 1.88 bits per heavy atom. The van der Waals surface area contributed by atoms with Crippen molar-refractivity contribution in [2.75, 3.05) is 10.2 Å². The number of aromatic nitrogens is 1. The molecule has 1 amide bonds. The second-order valence-electron chi connectivity index (χ2n) is 6.13. The zero-order chi connectivity index (χ0) is 18.3. The standard InChI is InChI=1S/C20H15Cl2N3O/c1-12-6-8-17(16(22)10-12)24-19-14-4-2-3-5-15(14)20(26)25(19)18-9-7-13(21)11-23-18/h2-11,19,24H,1H3/t19-/m0/s1. The summed E-state index contributed by atoms with van der Waals surface area (Å²) in [6, 6.07) is 16.7. The average Bonchev–Trinajstić information content (AvgIpc) is 2.91. The third-order valence-electron chi connectivity index (χ3n) is 4.34. The van der Waals surface area contributed by atoms with E-state index in [0.717, 1.165) is 16.8 Å². The maximum absolute atomic E-state index is 13.0. The SMILES string of the molecule is Cc1ccc(N[C@@H]2c3ccccc3C(=O)N2c2ccc(Cl)cn2)c(Cl)c1. The second-order valence-corrected chi connectivity index (χ2v) is 6.97. The van der Waals surface area contributed by atoms with Gasteiger partial charge >= 0.3 is 0 Å². The van der Waals surface area contributed by atoms with Gasteiger partial charge in [0.15, 0.2) is 0 Å². The molecule has 2 heterocycles. The number of anilines is 2. The molecule has 0 spiro atoms. The van der Waals surface area contributed by atoms with Crippen LogP contribution in [0.3, 0.4) is 0 Å². The van der Waals surface area contributed by atoms with E-state index in [9.17, 15) is 4.79 Å². The summed E-state index contributed by atoms with van der Waals surface area (Å²) in [4.78, 5) is 18.9. The van der Waals surface area contributed by atoms with Gasteiger partial charge < -0.3 is 5.32 Å². The number of carbonyl (C=O) groups excluding carboxylic acids is 1. The first-order valence-electron chi connectivity index (χ1n) is 8.11. The molecule has 130 valence electrons. The minimum absolute atomic E-state index is 0.115. The summed E-state index contributed by atoms with van der Waals surface area (Å²) in [7, 11) is 0. The summed E-state index contributed by atoms with van der Waals surface area (Å²) < 4.78 is 0. The van der Waals surface area contributed by atoms with Crippen molar-refractivity contribution < 1.29 is 4.79 Å². The van der Waals surface area contributed by atoms with Crippen molar-refractivity contribution in [2.45, 2.75) is 13.1 Å². The zero-order valence-corrected chi connectivity index (χ0v) is 15.4. The van der Waals surface area contributed by atoms with Crippen molar-refractivity contribution in [1.82, 2.24) is 4.98 Å². The van der Waals surface area contributed by atoms with E-state index in [0.29, 0.717) is 21.4 Å². The number of nitrogens with one attached hydrogen (secondary N) is 1. The largest absolute Gasteiger partial charge is 0.360 e. The number of rotatable bonds is 3. The molecule has 2 aromatic carbocycles. The molecule has 6 heteroatoms. The Morgan fingerprint density at radius 3 is 2.62 bits per heavy atom. The summed E-state index contributed by atoms with van der Waals surface area (Å²) in [5, 5.41) is 4.51. The van der Waals surface area contributed by atoms with Gasteiger partial charge in [-0.05, 0) is 42.8 Å². The Labute approximate surface area is 161 Å². The quantitative estimate of drug-likeness (QED) is 0.652. The molecule has 0 saturated carbocycles. The molecule has 0 unspecified atom stereocenters. The Hall–Kier alpha value is -2.56. The molecule has 1 aliphatic heterocycles. The van der Waals surface area contributed by atoms with Crippen LogP contribution in [0.15, 0.2) is 60.8 Å². The molecule has 0 saturated heterocycles. The van der Waals surface area contributed by atoms with E-state index in [1.54, 1.807) is 17.0 Å². The number of hydrogen-bond acceptors (Lipinski definition) is 3. The normalized spacial score (nSPS) is 15.9. The number of nitrogens with zero attached hydrogens (tertiary/aromatic N) is 2. The van der Waals surface area contributed by atoms with Crippen LogP contribution in [0.5, 0.6) is 0 Å². The van der Waals surface area contributed by atoms with E-state index in [1.807, 2.05) is 49.4 Å². The number of fused-ring (bicyclic) bond motifs is 1. The Morgan fingerprint density at radius 1 is 1.08 bits per heavy atom. The molecule has 0 fully saturated rings. The van der Waals surface area contributed by atoms with Gasteiger partial charge in [0.05, 0.1) is 15.7 Å². The van der Waals surface area contributed by atoms with Gasteiger partial charge in [-0.2, -0.15) is 0 Å². The zero-order valence-electron chi connectivity index (χ0n) is 13.9. The van der Waals surface area contributed by atoms with E-state index < -0.39 is 6.17 Å². The van der Waals surface area contributed by atoms with E-state index in [1.165, 1.54) is 6.20 Å². The lowest BCUT2D eigenvalue weighted by Gasteiger charge is -2.26. The van der Waals surface area contributed by atoms with Crippen LogP contribution >= 0.6 is 23.2 Å². The highest BCUT2D eigenvalue weighted by Crippen LogP contribution is 2.38. The number of hydrogen-bond donors (Lipinski definition) is 1. The summed E-state index contributed by atoms with van der Waals surface area (Å²) in [6.07, 6.45) is 1.12. The van der Waals surface area contributed by atoms with Gasteiger partial charge in [-0.15, -0.1) is 0 Å².